The van der Waals surface area contributed by atoms with Crippen LogP contribution in [0.4, 0.5) is 0 Å². The fraction of sp³-hybridized carbons (Fsp3) is 0.410. The number of benzene rings is 3. The van der Waals surface area contributed by atoms with Crippen molar-refractivity contribution in [1.29, 1.82) is 0 Å². The van der Waals surface area contributed by atoms with Gasteiger partial charge < -0.3 is 4.42 Å². The summed E-state index contributed by atoms with van der Waals surface area (Å²) in [6.07, 6.45) is 4.23. The van der Waals surface area contributed by atoms with E-state index in [1.54, 1.807) is 0 Å². The molecule has 5 aromatic rings. The fourth-order valence-electron chi connectivity index (χ4n) is 7.81. The molecule has 41 heavy (non-hydrogen) atoms. The highest BCUT2D eigenvalue weighted by atomic mass is 16.3. The predicted octanol–water partition coefficient (Wildman–Crippen LogP) is 11.5. The zero-order valence-electron chi connectivity index (χ0n) is 26.6. The van der Waals surface area contributed by atoms with E-state index in [9.17, 15) is 0 Å². The second-order valence-electron chi connectivity index (χ2n) is 15.3. The number of aryl methyl sites for hydroxylation is 2. The highest BCUT2D eigenvalue weighted by Crippen LogP contribution is 2.60. The van der Waals surface area contributed by atoms with Gasteiger partial charge in [0.25, 0.3) is 0 Å². The van der Waals surface area contributed by atoms with Crippen molar-refractivity contribution in [3.63, 3.8) is 0 Å². The van der Waals surface area contributed by atoms with Gasteiger partial charge in [-0.15, -0.1) is 0 Å². The third-order valence-electron chi connectivity index (χ3n) is 8.94. The lowest BCUT2D eigenvalue weighted by Gasteiger charge is -2.42. The van der Waals surface area contributed by atoms with Crippen molar-refractivity contribution in [1.82, 2.24) is 4.98 Å². The first kappa shape index (κ1) is 27.8. The molecule has 0 N–H and O–H groups in total. The molecule has 0 unspecified atom stereocenters. The topological polar surface area (TPSA) is 26.0 Å². The van der Waals surface area contributed by atoms with E-state index >= 15 is 0 Å². The van der Waals surface area contributed by atoms with E-state index < -0.39 is 0 Å². The van der Waals surface area contributed by atoms with E-state index in [0.29, 0.717) is 5.92 Å². The summed E-state index contributed by atoms with van der Waals surface area (Å²) < 4.78 is 7.05. The Bertz CT molecular complexity index is 1790. The van der Waals surface area contributed by atoms with Crippen molar-refractivity contribution >= 4 is 21.9 Å². The number of rotatable bonds is 4. The van der Waals surface area contributed by atoms with Crippen LogP contribution in [0.5, 0.6) is 0 Å². The molecule has 0 bridgehead atoms. The molecule has 0 atom stereocenters. The molecule has 0 aliphatic heterocycles. The average Bonchev–Trinajstić information content (AvgIpc) is 3.35. The van der Waals surface area contributed by atoms with Crippen LogP contribution < -0.4 is 0 Å². The molecule has 1 aliphatic carbocycles. The highest BCUT2D eigenvalue weighted by Gasteiger charge is 2.48. The standard InChI is InChI=1S/C39H45NO/c1-23(2)29-20-40-32(19-25(29)4)33-24(3)15-16-26-27-17-18-31-34(36(27)41-35(26)33)28-13-11-12-14-30(28)39(31,21-37(5,6)7)22-38(8,9)10/h11-20,23H,21-22H2,1-10H3. The van der Waals surface area contributed by atoms with Gasteiger partial charge in [-0.25, -0.2) is 0 Å². The molecule has 0 fully saturated rings. The van der Waals surface area contributed by atoms with E-state index in [0.717, 1.165) is 40.7 Å². The minimum atomic E-state index is -0.0698. The van der Waals surface area contributed by atoms with Crippen LogP contribution in [0.3, 0.4) is 0 Å². The number of pyridine rings is 1. The second-order valence-corrected chi connectivity index (χ2v) is 15.3. The minimum absolute atomic E-state index is 0.0698. The molecule has 0 saturated carbocycles. The van der Waals surface area contributed by atoms with Crippen LogP contribution in [0.1, 0.15) is 102 Å². The van der Waals surface area contributed by atoms with Gasteiger partial charge >= 0.3 is 0 Å². The Hall–Kier alpha value is -3.39. The van der Waals surface area contributed by atoms with Gasteiger partial charge in [0.15, 0.2) is 0 Å². The summed E-state index contributed by atoms with van der Waals surface area (Å²) in [4.78, 5) is 4.96. The minimum Gasteiger partial charge on any atom is -0.455 e. The number of furan rings is 1. The number of nitrogens with zero attached hydrogens (tertiary/aromatic N) is 1. The highest BCUT2D eigenvalue weighted by molar-refractivity contribution is 6.14. The summed E-state index contributed by atoms with van der Waals surface area (Å²) >= 11 is 0. The Labute approximate surface area is 246 Å². The molecule has 0 radical (unpaired) electrons. The van der Waals surface area contributed by atoms with Gasteiger partial charge in [-0.2, -0.15) is 0 Å². The van der Waals surface area contributed by atoms with Crippen molar-refractivity contribution in [2.24, 2.45) is 10.8 Å². The third-order valence-corrected chi connectivity index (χ3v) is 8.94. The van der Waals surface area contributed by atoms with Crippen LogP contribution in [0.15, 0.2) is 65.2 Å². The van der Waals surface area contributed by atoms with E-state index in [2.05, 4.69) is 130 Å². The first-order valence-electron chi connectivity index (χ1n) is 15.3. The van der Waals surface area contributed by atoms with E-state index in [-0.39, 0.29) is 16.2 Å². The first-order valence-corrected chi connectivity index (χ1v) is 15.3. The van der Waals surface area contributed by atoms with E-state index in [1.807, 2.05) is 0 Å². The van der Waals surface area contributed by atoms with Gasteiger partial charge in [0, 0.05) is 33.5 Å². The lowest BCUT2D eigenvalue weighted by Crippen LogP contribution is -2.35. The largest absolute Gasteiger partial charge is 0.455 e. The molecule has 0 spiro atoms. The van der Waals surface area contributed by atoms with Gasteiger partial charge in [-0.3, -0.25) is 4.98 Å². The van der Waals surface area contributed by atoms with Crippen LogP contribution in [0, 0.1) is 24.7 Å². The Morgan fingerprint density at radius 3 is 1.95 bits per heavy atom. The molecule has 2 heterocycles. The quantitative estimate of drug-likeness (QED) is 0.225. The zero-order valence-corrected chi connectivity index (χ0v) is 26.6. The second kappa shape index (κ2) is 9.31. The summed E-state index contributed by atoms with van der Waals surface area (Å²) in [7, 11) is 0. The number of fused-ring (bicyclic) bond motifs is 7. The van der Waals surface area contributed by atoms with Crippen molar-refractivity contribution in [2.45, 2.75) is 93.4 Å². The van der Waals surface area contributed by atoms with Gasteiger partial charge in [-0.05, 0) is 82.9 Å². The number of aromatic nitrogens is 1. The normalized spacial score (nSPS) is 14.7. The van der Waals surface area contributed by atoms with Gasteiger partial charge in [0.1, 0.15) is 11.2 Å². The Balaban J connectivity index is 1.67. The molecular formula is C39H45NO. The first-order chi connectivity index (χ1) is 19.2. The fourth-order valence-corrected chi connectivity index (χ4v) is 7.81. The Morgan fingerprint density at radius 2 is 1.34 bits per heavy atom. The van der Waals surface area contributed by atoms with Crippen molar-refractivity contribution in [2.75, 3.05) is 0 Å². The van der Waals surface area contributed by atoms with Gasteiger partial charge in [-0.1, -0.05) is 104 Å². The lowest BCUT2D eigenvalue weighted by atomic mass is 9.62. The summed E-state index contributed by atoms with van der Waals surface area (Å²) in [5.74, 6) is 0.448. The maximum Gasteiger partial charge on any atom is 0.145 e. The third kappa shape index (κ3) is 4.51. The summed E-state index contributed by atoms with van der Waals surface area (Å²) in [5, 5.41) is 2.35. The average molecular weight is 544 g/mol. The van der Waals surface area contributed by atoms with Crippen LogP contribution in [0.2, 0.25) is 0 Å². The molecule has 2 aromatic heterocycles. The summed E-state index contributed by atoms with van der Waals surface area (Å²) in [6, 6.07) is 20.5. The van der Waals surface area contributed by atoms with Crippen LogP contribution >= 0.6 is 0 Å². The Morgan fingerprint density at radius 1 is 0.732 bits per heavy atom. The molecule has 2 heteroatoms. The SMILES string of the molecule is Cc1cc(-c2c(C)ccc3c2oc2c4c(ccc23)C(CC(C)(C)C)(CC(C)(C)C)c2ccccc2-4)ncc1C(C)C. The van der Waals surface area contributed by atoms with E-state index in [1.165, 1.54) is 44.3 Å². The maximum absolute atomic E-state index is 7.05. The summed E-state index contributed by atoms with van der Waals surface area (Å²) in [5.41, 5.74) is 13.6. The van der Waals surface area contributed by atoms with Crippen LogP contribution in [-0.4, -0.2) is 4.98 Å². The molecular weight excluding hydrogens is 498 g/mol. The van der Waals surface area contributed by atoms with Crippen LogP contribution in [0.25, 0.3) is 44.3 Å². The Kier molecular flexibility index (Phi) is 6.31. The number of hydrogen-bond acceptors (Lipinski definition) is 2. The number of hydrogen-bond donors (Lipinski definition) is 0. The maximum atomic E-state index is 7.05. The van der Waals surface area contributed by atoms with Gasteiger partial charge in [0.2, 0.25) is 0 Å². The molecule has 1 aliphatic rings. The van der Waals surface area contributed by atoms with Gasteiger partial charge in [0.05, 0.1) is 5.69 Å². The molecule has 212 valence electrons. The van der Waals surface area contributed by atoms with E-state index in [4.69, 9.17) is 9.40 Å². The van der Waals surface area contributed by atoms with Crippen LogP contribution in [-0.2, 0) is 5.41 Å². The monoisotopic (exact) mass is 543 g/mol. The zero-order chi connectivity index (χ0) is 29.5. The van der Waals surface area contributed by atoms with Crippen molar-refractivity contribution in [3.8, 4) is 22.4 Å². The molecule has 0 saturated heterocycles. The lowest BCUT2D eigenvalue weighted by molar-refractivity contribution is 0.214. The van der Waals surface area contributed by atoms with Crippen molar-refractivity contribution < 1.29 is 4.42 Å². The van der Waals surface area contributed by atoms with Crippen molar-refractivity contribution in [3.05, 3.63) is 88.6 Å². The summed E-state index contributed by atoms with van der Waals surface area (Å²) in [6.45, 7) is 23.1. The molecule has 2 nitrogen and oxygen atoms in total. The predicted molar refractivity (Wildman–Crippen MR) is 175 cm³/mol. The molecule has 6 rings (SSSR count). The molecule has 0 amide bonds. The smallest absolute Gasteiger partial charge is 0.145 e. The molecule has 3 aromatic carbocycles.